The number of carbonyl (C=O) groups is 1. The molecule has 136 valence electrons. The van der Waals surface area contributed by atoms with Gasteiger partial charge in [0.15, 0.2) is 5.13 Å². The molecule has 2 aromatic heterocycles. The van der Waals surface area contributed by atoms with Crippen LogP contribution < -0.4 is 4.90 Å². The van der Waals surface area contributed by atoms with Crippen LogP contribution in [0.4, 0.5) is 5.13 Å². The number of rotatable bonds is 3. The summed E-state index contributed by atoms with van der Waals surface area (Å²) in [5.74, 6) is 0.118. The van der Waals surface area contributed by atoms with Gasteiger partial charge in [-0.05, 0) is 38.1 Å². The minimum atomic E-state index is 0.118. The number of anilines is 1. The molecule has 8 heteroatoms. The van der Waals surface area contributed by atoms with Crippen molar-refractivity contribution in [1.82, 2.24) is 19.7 Å². The molecule has 0 saturated carbocycles. The Morgan fingerprint density at radius 2 is 1.96 bits per heavy atom. The fraction of sp³-hybridized carbons (Fsp3) is 0.389. The summed E-state index contributed by atoms with van der Waals surface area (Å²) in [4.78, 5) is 21.4. The molecule has 0 unspecified atom stereocenters. The van der Waals surface area contributed by atoms with Gasteiger partial charge in [-0.3, -0.25) is 9.48 Å². The first kappa shape index (κ1) is 17.3. The first-order valence-corrected chi connectivity index (χ1v) is 9.79. The van der Waals surface area contributed by atoms with Crippen molar-refractivity contribution in [3.63, 3.8) is 0 Å². The molecule has 4 rings (SSSR count). The zero-order valence-corrected chi connectivity index (χ0v) is 16.3. The van der Waals surface area contributed by atoms with Crippen molar-refractivity contribution in [2.24, 2.45) is 0 Å². The number of benzene rings is 1. The lowest BCUT2D eigenvalue weighted by Gasteiger charge is -2.34. The van der Waals surface area contributed by atoms with E-state index in [4.69, 9.17) is 16.6 Å². The highest BCUT2D eigenvalue weighted by Gasteiger charge is 2.23. The van der Waals surface area contributed by atoms with Crippen LogP contribution in [0.5, 0.6) is 0 Å². The Balaban J connectivity index is 1.40. The Morgan fingerprint density at radius 1 is 1.19 bits per heavy atom. The predicted molar refractivity (Wildman–Crippen MR) is 105 cm³/mol. The topological polar surface area (TPSA) is 54.3 Å². The summed E-state index contributed by atoms with van der Waals surface area (Å²) in [6.45, 7) is 7.21. The molecule has 0 bridgehead atoms. The van der Waals surface area contributed by atoms with Crippen LogP contribution in [0.3, 0.4) is 0 Å². The molecular weight excluding hydrogens is 370 g/mol. The minimum absolute atomic E-state index is 0.118. The second kappa shape index (κ2) is 6.89. The number of amides is 1. The summed E-state index contributed by atoms with van der Waals surface area (Å²) in [5, 5.41) is 6.10. The minimum Gasteiger partial charge on any atom is -0.345 e. The van der Waals surface area contributed by atoms with E-state index in [9.17, 15) is 4.79 Å². The van der Waals surface area contributed by atoms with E-state index in [-0.39, 0.29) is 5.91 Å². The van der Waals surface area contributed by atoms with E-state index < -0.39 is 0 Å². The summed E-state index contributed by atoms with van der Waals surface area (Å²) in [6, 6.07) is 7.76. The largest absolute Gasteiger partial charge is 0.345 e. The van der Waals surface area contributed by atoms with E-state index in [1.54, 1.807) is 16.0 Å². The van der Waals surface area contributed by atoms with Gasteiger partial charge in [0, 0.05) is 36.9 Å². The van der Waals surface area contributed by atoms with Crippen LogP contribution in [-0.2, 0) is 11.3 Å². The maximum absolute atomic E-state index is 12.6. The molecule has 0 spiro atoms. The summed E-state index contributed by atoms with van der Waals surface area (Å²) in [7, 11) is 0. The van der Waals surface area contributed by atoms with Crippen molar-refractivity contribution in [1.29, 1.82) is 0 Å². The van der Waals surface area contributed by atoms with Gasteiger partial charge in [-0.25, -0.2) is 4.98 Å². The van der Waals surface area contributed by atoms with Crippen molar-refractivity contribution >= 4 is 44.2 Å². The Labute approximate surface area is 161 Å². The summed E-state index contributed by atoms with van der Waals surface area (Å²) in [5.41, 5.74) is 2.93. The normalized spacial score (nSPS) is 15.0. The zero-order valence-electron chi connectivity index (χ0n) is 14.8. The van der Waals surface area contributed by atoms with Crippen molar-refractivity contribution < 1.29 is 4.79 Å². The van der Waals surface area contributed by atoms with Crippen molar-refractivity contribution in [3.05, 3.63) is 40.7 Å². The van der Waals surface area contributed by atoms with Crippen LogP contribution >= 0.6 is 22.9 Å². The highest BCUT2D eigenvalue weighted by Crippen LogP contribution is 2.31. The highest BCUT2D eigenvalue weighted by atomic mass is 35.5. The van der Waals surface area contributed by atoms with E-state index in [1.807, 2.05) is 43.0 Å². The number of aromatic nitrogens is 3. The Bertz CT molecular complexity index is 958. The Kier molecular flexibility index (Phi) is 4.58. The molecule has 1 aliphatic rings. The molecule has 6 nitrogen and oxygen atoms in total. The average molecular weight is 390 g/mol. The zero-order chi connectivity index (χ0) is 18.3. The lowest BCUT2D eigenvalue weighted by atomic mass is 10.3. The molecule has 26 heavy (non-hydrogen) atoms. The maximum atomic E-state index is 12.6. The third-order valence-electron chi connectivity index (χ3n) is 4.63. The fourth-order valence-corrected chi connectivity index (χ4v) is 4.53. The molecule has 0 N–H and O–H groups in total. The molecule has 1 amide bonds. The second-order valence-corrected chi connectivity index (χ2v) is 8.01. The smallest absolute Gasteiger partial charge is 0.244 e. The Hall–Kier alpha value is -2.12. The number of halogens is 1. The number of fused-ring (bicyclic) bond motifs is 1. The number of piperazine rings is 1. The number of hydrogen-bond donors (Lipinski definition) is 0. The van der Waals surface area contributed by atoms with E-state index in [0.717, 1.165) is 44.8 Å². The summed E-state index contributed by atoms with van der Waals surface area (Å²) < 4.78 is 2.87. The third-order valence-corrected chi connectivity index (χ3v) is 5.94. The van der Waals surface area contributed by atoms with Gasteiger partial charge in [0.05, 0.1) is 15.9 Å². The molecule has 1 aliphatic heterocycles. The molecule has 3 aromatic rings. The SMILES string of the molecule is Cc1cc(C)n(CC(=O)N2CCN(c3nc4ccc(Cl)cc4s3)CC2)n1. The lowest BCUT2D eigenvalue weighted by molar-refractivity contribution is -0.132. The van der Waals surface area contributed by atoms with Crippen molar-refractivity contribution in [2.45, 2.75) is 20.4 Å². The molecule has 0 aliphatic carbocycles. The van der Waals surface area contributed by atoms with Gasteiger partial charge < -0.3 is 9.80 Å². The fourth-order valence-electron chi connectivity index (χ4n) is 3.23. The van der Waals surface area contributed by atoms with Gasteiger partial charge in [-0.2, -0.15) is 5.10 Å². The number of aryl methyl sites for hydroxylation is 2. The van der Waals surface area contributed by atoms with E-state index in [1.165, 1.54) is 0 Å². The van der Waals surface area contributed by atoms with Gasteiger partial charge >= 0.3 is 0 Å². The van der Waals surface area contributed by atoms with Crippen molar-refractivity contribution in [3.8, 4) is 0 Å². The quantitative estimate of drug-likeness (QED) is 0.690. The van der Waals surface area contributed by atoms with Crippen molar-refractivity contribution in [2.75, 3.05) is 31.1 Å². The summed E-state index contributed by atoms with van der Waals surface area (Å²) in [6.07, 6.45) is 0. The molecule has 1 fully saturated rings. The van der Waals surface area contributed by atoms with E-state index in [0.29, 0.717) is 19.6 Å². The van der Waals surface area contributed by atoms with Gasteiger partial charge in [0.1, 0.15) is 6.54 Å². The molecular formula is C18H20ClN5OS. The van der Waals surface area contributed by atoms with Gasteiger partial charge in [0.25, 0.3) is 0 Å². The predicted octanol–water partition coefficient (Wildman–Crippen LogP) is 3.11. The lowest BCUT2D eigenvalue weighted by Crippen LogP contribution is -2.49. The first-order chi connectivity index (χ1) is 12.5. The van der Waals surface area contributed by atoms with Gasteiger partial charge in [0.2, 0.25) is 5.91 Å². The average Bonchev–Trinajstić information content (AvgIpc) is 3.17. The Morgan fingerprint density at radius 3 is 2.65 bits per heavy atom. The van der Waals surface area contributed by atoms with Gasteiger partial charge in [-0.15, -0.1) is 0 Å². The number of nitrogens with zero attached hydrogens (tertiary/aromatic N) is 5. The maximum Gasteiger partial charge on any atom is 0.244 e. The van der Waals surface area contributed by atoms with Crippen LogP contribution in [0, 0.1) is 13.8 Å². The van der Waals surface area contributed by atoms with Crippen LogP contribution in [0.25, 0.3) is 10.2 Å². The molecule has 0 radical (unpaired) electrons. The van der Waals surface area contributed by atoms with Gasteiger partial charge in [-0.1, -0.05) is 22.9 Å². The third kappa shape index (κ3) is 3.41. The molecule has 0 atom stereocenters. The second-order valence-electron chi connectivity index (χ2n) is 6.56. The van der Waals surface area contributed by atoms with E-state index >= 15 is 0 Å². The van der Waals surface area contributed by atoms with Crippen LogP contribution in [0.15, 0.2) is 24.3 Å². The standard InChI is InChI=1S/C18H20ClN5OS/c1-12-9-13(2)24(21-12)11-17(25)22-5-7-23(8-6-22)18-20-15-4-3-14(19)10-16(15)26-18/h3-4,9-10H,5-8,11H2,1-2H3. The number of hydrogen-bond acceptors (Lipinski definition) is 5. The molecule has 3 heterocycles. The molecule has 1 saturated heterocycles. The molecule has 1 aromatic carbocycles. The first-order valence-electron chi connectivity index (χ1n) is 8.59. The monoisotopic (exact) mass is 389 g/mol. The summed E-state index contributed by atoms with van der Waals surface area (Å²) >= 11 is 7.71. The van der Waals surface area contributed by atoms with Crippen LogP contribution in [0.2, 0.25) is 5.02 Å². The number of carbonyl (C=O) groups excluding carboxylic acids is 1. The van der Waals surface area contributed by atoms with E-state index in [2.05, 4.69) is 10.00 Å². The van der Waals surface area contributed by atoms with Crippen LogP contribution in [0.1, 0.15) is 11.4 Å². The number of thiazole rings is 1. The highest BCUT2D eigenvalue weighted by molar-refractivity contribution is 7.22. The van der Waals surface area contributed by atoms with Crippen LogP contribution in [-0.4, -0.2) is 51.8 Å².